The fraction of sp³-hybridized carbons (Fsp3) is 0.250. The first kappa shape index (κ1) is 18.8. The molecule has 1 aliphatic rings. The number of nitrogens with two attached hydrogens (primary N) is 1. The van der Waals surface area contributed by atoms with Crippen molar-refractivity contribution < 1.29 is 22.7 Å². The summed E-state index contributed by atoms with van der Waals surface area (Å²) in [5, 5.41) is 6.94. The topological polar surface area (TPSA) is 107 Å². The van der Waals surface area contributed by atoms with E-state index in [4.69, 9.17) is 21.5 Å². The maximum atomic E-state index is 12.3. The molecule has 0 radical (unpaired) electrons. The van der Waals surface area contributed by atoms with Gasteiger partial charge in [-0.2, -0.15) is 0 Å². The Balaban J connectivity index is 1.63. The van der Waals surface area contributed by atoms with Crippen molar-refractivity contribution in [1.82, 2.24) is 4.90 Å². The molecular weight excluding hydrogens is 400 g/mol. The molecule has 2 N–H and O–H groups in total. The number of benzene rings is 1. The lowest BCUT2D eigenvalue weighted by atomic mass is 10.1. The van der Waals surface area contributed by atoms with E-state index in [0.717, 1.165) is 18.1 Å². The van der Waals surface area contributed by atoms with E-state index in [1.165, 1.54) is 17.0 Å². The number of carbonyl (C=O) groups excluding carboxylic acids is 2. The van der Waals surface area contributed by atoms with Gasteiger partial charge in [0.1, 0.15) is 4.90 Å². The average Bonchev–Trinajstić information content (AvgIpc) is 3.06. The predicted octanol–water partition coefficient (Wildman–Crippen LogP) is 1.79. The molecule has 0 atom stereocenters. The summed E-state index contributed by atoms with van der Waals surface area (Å²) in [7, 11) is -4.07. The van der Waals surface area contributed by atoms with E-state index in [2.05, 4.69) is 0 Å². The van der Waals surface area contributed by atoms with Crippen LogP contribution in [-0.2, 0) is 32.5 Å². The second kappa shape index (κ2) is 7.36. The van der Waals surface area contributed by atoms with E-state index in [-0.39, 0.29) is 21.4 Å². The summed E-state index contributed by atoms with van der Waals surface area (Å²) in [5.41, 5.74) is 1.06. The second-order valence-electron chi connectivity index (χ2n) is 5.70. The molecule has 1 aromatic heterocycles. The molecule has 10 heteroatoms. The minimum atomic E-state index is -4.07. The molecule has 3 rings (SSSR count). The van der Waals surface area contributed by atoms with Crippen LogP contribution in [0.4, 0.5) is 0 Å². The Morgan fingerprint density at radius 3 is 2.81 bits per heavy atom. The number of halogens is 1. The van der Waals surface area contributed by atoms with Crippen molar-refractivity contribution in [2.45, 2.75) is 17.9 Å². The third-order valence-corrected chi connectivity index (χ3v) is 6.38. The maximum Gasteiger partial charge on any atom is 0.338 e. The van der Waals surface area contributed by atoms with Crippen LogP contribution in [0.1, 0.15) is 20.8 Å². The number of hydrogen-bond donors (Lipinski definition) is 1. The molecule has 7 nitrogen and oxygen atoms in total. The van der Waals surface area contributed by atoms with E-state index in [9.17, 15) is 18.0 Å². The molecule has 0 fully saturated rings. The van der Waals surface area contributed by atoms with Crippen molar-refractivity contribution in [3.8, 4) is 0 Å². The molecule has 0 aliphatic carbocycles. The number of thiophene rings is 1. The number of rotatable bonds is 4. The van der Waals surface area contributed by atoms with Crippen molar-refractivity contribution in [3.63, 3.8) is 0 Å². The lowest BCUT2D eigenvalue weighted by molar-refractivity contribution is -0.135. The molecule has 0 bridgehead atoms. The normalized spacial score (nSPS) is 14.0. The summed E-state index contributed by atoms with van der Waals surface area (Å²) in [6.07, 6.45) is 0.779. The number of sulfonamides is 1. The van der Waals surface area contributed by atoms with Gasteiger partial charge in [0.25, 0.3) is 5.91 Å². The van der Waals surface area contributed by atoms with Gasteiger partial charge < -0.3 is 9.64 Å². The summed E-state index contributed by atoms with van der Waals surface area (Å²) in [6.45, 7) is 0.637. The van der Waals surface area contributed by atoms with E-state index >= 15 is 0 Å². The monoisotopic (exact) mass is 414 g/mol. The van der Waals surface area contributed by atoms with E-state index in [1.54, 1.807) is 16.2 Å². The molecule has 1 aliphatic heterocycles. The van der Waals surface area contributed by atoms with Crippen LogP contribution in [-0.4, -0.2) is 38.3 Å². The lowest BCUT2D eigenvalue weighted by Gasteiger charge is -2.26. The van der Waals surface area contributed by atoms with E-state index < -0.39 is 22.6 Å². The van der Waals surface area contributed by atoms with Gasteiger partial charge in [0.05, 0.1) is 10.6 Å². The molecule has 0 unspecified atom stereocenters. The minimum absolute atomic E-state index is 0.0509. The number of ether oxygens (including phenoxy) is 1. The van der Waals surface area contributed by atoms with Crippen LogP contribution in [0.5, 0.6) is 0 Å². The van der Waals surface area contributed by atoms with Gasteiger partial charge in [0.15, 0.2) is 6.61 Å². The maximum absolute atomic E-state index is 12.3. The number of fused-ring (bicyclic) bond motifs is 1. The average molecular weight is 415 g/mol. The third-order valence-electron chi connectivity index (χ3n) is 3.96. The van der Waals surface area contributed by atoms with Gasteiger partial charge in [-0.05, 0) is 41.6 Å². The van der Waals surface area contributed by atoms with Crippen LogP contribution in [0, 0.1) is 0 Å². The lowest BCUT2D eigenvalue weighted by Crippen LogP contribution is -2.38. The molecule has 1 amide bonds. The first-order chi connectivity index (χ1) is 12.3. The van der Waals surface area contributed by atoms with Gasteiger partial charge in [-0.1, -0.05) is 11.6 Å². The number of esters is 1. The Morgan fingerprint density at radius 2 is 2.08 bits per heavy atom. The van der Waals surface area contributed by atoms with Gasteiger partial charge in [0.2, 0.25) is 10.0 Å². The Hall–Kier alpha value is -1.94. The van der Waals surface area contributed by atoms with Gasteiger partial charge in [0, 0.05) is 18.0 Å². The quantitative estimate of drug-likeness (QED) is 0.767. The molecule has 0 saturated carbocycles. The SMILES string of the molecule is NS(=O)(=O)c1cc(C(=O)OCC(=O)N2CCc3sccc3C2)ccc1Cl. The largest absolute Gasteiger partial charge is 0.452 e. The third kappa shape index (κ3) is 4.07. The van der Waals surface area contributed by atoms with Crippen LogP contribution in [0.3, 0.4) is 0 Å². The number of hydrogen-bond acceptors (Lipinski definition) is 6. The first-order valence-corrected chi connectivity index (χ1v) is 10.4. The molecule has 0 saturated heterocycles. The molecule has 2 heterocycles. The van der Waals surface area contributed by atoms with Crippen molar-refractivity contribution in [1.29, 1.82) is 0 Å². The van der Waals surface area contributed by atoms with E-state index in [1.807, 2.05) is 11.4 Å². The van der Waals surface area contributed by atoms with Crippen LogP contribution < -0.4 is 5.14 Å². The highest BCUT2D eigenvalue weighted by atomic mass is 35.5. The number of amides is 1. The van der Waals surface area contributed by atoms with Crippen molar-refractivity contribution in [2.75, 3.05) is 13.2 Å². The van der Waals surface area contributed by atoms with Gasteiger partial charge in [-0.3, -0.25) is 4.79 Å². The zero-order chi connectivity index (χ0) is 18.9. The van der Waals surface area contributed by atoms with Crippen molar-refractivity contribution >= 4 is 44.8 Å². The summed E-state index contributed by atoms with van der Waals surface area (Å²) in [6, 6.07) is 5.56. The van der Waals surface area contributed by atoms with Crippen LogP contribution in [0.15, 0.2) is 34.5 Å². The summed E-state index contributed by atoms with van der Waals surface area (Å²) >= 11 is 7.44. The zero-order valence-electron chi connectivity index (χ0n) is 13.5. The fourth-order valence-electron chi connectivity index (χ4n) is 2.61. The zero-order valence-corrected chi connectivity index (χ0v) is 15.9. The fourth-order valence-corrected chi connectivity index (χ4v) is 4.57. The van der Waals surface area contributed by atoms with Gasteiger partial charge in [-0.15, -0.1) is 11.3 Å². The molecular formula is C16H15ClN2O5S2. The van der Waals surface area contributed by atoms with Gasteiger partial charge >= 0.3 is 5.97 Å². The molecule has 26 heavy (non-hydrogen) atoms. The Labute approximate surface area is 159 Å². The first-order valence-electron chi connectivity index (χ1n) is 7.58. The highest BCUT2D eigenvalue weighted by Crippen LogP contribution is 2.24. The minimum Gasteiger partial charge on any atom is -0.452 e. The van der Waals surface area contributed by atoms with Crippen LogP contribution >= 0.6 is 22.9 Å². The Morgan fingerprint density at radius 1 is 1.31 bits per heavy atom. The molecule has 138 valence electrons. The van der Waals surface area contributed by atoms with Crippen molar-refractivity contribution in [3.05, 3.63) is 50.7 Å². The second-order valence-corrected chi connectivity index (χ2v) is 8.64. The number of primary sulfonamides is 1. The highest BCUT2D eigenvalue weighted by molar-refractivity contribution is 7.89. The van der Waals surface area contributed by atoms with E-state index in [0.29, 0.717) is 13.1 Å². The molecule has 0 spiro atoms. The number of carbonyl (C=O) groups is 2. The van der Waals surface area contributed by atoms with Crippen LogP contribution in [0.2, 0.25) is 5.02 Å². The molecule has 2 aromatic rings. The standard InChI is InChI=1S/C16H15ClN2O5S2/c17-12-2-1-10(7-14(12)26(18,22)23)16(21)24-9-15(20)19-5-3-13-11(8-19)4-6-25-13/h1-2,4,6-7H,3,5,8-9H2,(H2,18,22,23). The van der Waals surface area contributed by atoms with Crippen LogP contribution in [0.25, 0.3) is 0 Å². The number of nitrogens with zero attached hydrogens (tertiary/aromatic N) is 1. The smallest absolute Gasteiger partial charge is 0.338 e. The van der Waals surface area contributed by atoms with Gasteiger partial charge in [-0.25, -0.2) is 18.4 Å². The Bertz CT molecular complexity index is 971. The summed E-state index contributed by atoms with van der Waals surface area (Å²) in [5.74, 6) is -1.14. The predicted molar refractivity (Wildman–Crippen MR) is 96.5 cm³/mol. The summed E-state index contributed by atoms with van der Waals surface area (Å²) < 4.78 is 27.9. The summed E-state index contributed by atoms with van der Waals surface area (Å²) in [4.78, 5) is 26.9. The Kier molecular flexibility index (Phi) is 5.33. The molecule has 1 aromatic carbocycles. The van der Waals surface area contributed by atoms with Crippen molar-refractivity contribution in [2.24, 2.45) is 5.14 Å². The highest BCUT2D eigenvalue weighted by Gasteiger charge is 2.23.